The Morgan fingerprint density at radius 1 is 1.17 bits per heavy atom. The van der Waals surface area contributed by atoms with Gasteiger partial charge in [-0.1, -0.05) is 38.1 Å². The van der Waals surface area contributed by atoms with E-state index in [1.54, 1.807) is 23.3 Å². The van der Waals surface area contributed by atoms with Gasteiger partial charge in [0.25, 0.3) is 5.91 Å². The molecule has 0 aliphatic heterocycles. The number of benzene rings is 1. The van der Waals surface area contributed by atoms with Crippen molar-refractivity contribution in [3.8, 4) is 5.75 Å². The predicted molar refractivity (Wildman–Crippen MR) is 118 cm³/mol. The van der Waals surface area contributed by atoms with Gasteiger partial charge in [0.05, 0.1) is 23.7 Å². The normalized spacial score (nSPS) is 11.0. The smallest absolute Gasteiger partial charge is 0.264 e. The van der Waals surface area contributed by atoms with E-state index in [-0.39, 0.29) is 5.91 Å². The van der Waals surface area contributed by atoms with Crippen LogP contribution in [0.2, 0.25) is 0 Å². The third-order valence-electron chi connectivity index (χ3n) is 4.43. The number of methoxy groups -OCH3 is 1. The monoisotopic (exact) mass is 430 g/mol. The van der Waals surface area contributed by atoms with Crippen molar-refractivity contribution in [2.75, 3.05) is 20.3 Å². The van der Waals surface area contributed by atoms with Gasteiger partial charge in [0, 0.05) is 19.0 Å². The van der Waals surface area contributed by atoms with E-state index < -0.39 is 0 Å². The number of carbonyl (C=O) groups excluding carboxylic acids is 1. The van der Waals surface area contributed by atoms with Crippen LogP contribution >= 0.6 is 22.7 Å². The van der Waals surface area contributed by atoms with E-state index in [4.69, 9.17) is 9.47 Å². The molecule has 0 unspecified atom stereocenters. The van der Waals surface area contributed by atoms with Crippen molar-refractivity contribution >= 4 is 28.6 Å². The first-order valence-corrected chi connectivity index (χ1v) is 11.3. The number of ether oxygens (including phenoxy) is 2. The number of nitrogens with zero attached hydrogens (tertiary/aromatic N) is 2. The summed E-state index contributed by atoms with van der Waals surface area (Å²) in [6.07, 6.45) is 0. The highest BCUT2D eigenvalue weighted by Gasteiger charge is 2.18. The van der Waals surface area contributed by atoms with Crippen molar-refractivity contribution in [1.82, 2.24) is 9.88 Å². The van der Waals surface area contributed by atoms with Crippen molar-refractivity contribution in [2.24, 2.45) is 0 Å². The fourth-order valence-corrected chi connectivity index (χ4v) is 4.31. The van der Waals surface area contributed by atoms with Crippen molar-refractivity contribution in [2.45, 2.75) is 32.9 Å². The standard InChI is InChI=1S/C22H26N2O3S2/c1-16(2)18-7-4-5-8-19(18)27-14-21-23-17(15-29-21)13-24(10-11-26-3)22(25)20-9-6-12-28-20/h4-9,12,15-16H,10-11,13-14H2,1-3H3. The van der Waals surface area contributed by atoms with Gasteiger partial charge in [0.2, 0.25) is 0 Å². The Balaban J connectivity index is 1.64. The topological polar surface area (TPSA) is 51.7 Å². The Hall–Kier alpha value is -2.22. The first-order valence-electron chi connectivity index (χ1n) is 9.55. The van der Waals surface area contributed by atoms with E-state index in [1.165, 1.54) is 16.9 Å². The molecular weight excluding hydrogens is 404 g/mol. The van der Waals surface area contributed by atoms with Gasteiger partial charge in [-0.05, 0) is 29.0 Å². The largest absolute Gasteiger partial charge is 0.486 e. The summed E-state index contributed by atoms with van der Waals surface area (Å²) in [5.41, 5.74) is 2.06. The van der Waals surface area contributed by atoms with Crippen molar-refractivity contribution < 1.29 is 14.3 Å². The first kappa shape index (κ1) is 21.5. The van der Waals surface area contributed by atoms with E-state index in [2.05, 4.69) is 24.9 Å². The average Bonchev–Trinajstić information content (AvgIpc) is 3.41. The van der Waals surface area contributed by atoms with Crippen molar-refractivity contribution in [1.29, 1.82) is 0 Å². The van der Waals surface area contributed by atoms with E-state index in [0.717, 1.165) is 21.3 Å². The highest BCUT2D eigenvalue weighted by molar-refractivity contribution is 7.12. The number of hydrogen-bond donors (Lipinski definition) is 0. The molecule has 0 aliphatic rings. The summed E-state index contributed by atoms with van der Waals surface area (Å²) in [7, 11) is 1.64. The van der Waals surface area contributed by atoms with Crippen LogP contribution in [0.1, 0.15) is 45.7 Å². The van der Waals surface area contributed by atoms with Crippen LogP contribution in [0, 0.1) is 0 Å². The third kappa shape index (κ3) is 5.88. The molecule has 0 saturated heterocycles. The van der Waals surface area contributed by atoms with Crippen LogP contribution in [-0.2, 0) is 17.9 Å². The van der Waals surface area contributed by atoms with Crippen molar-refractivity contribution in [3.05, 3.63) is 68.3 Å². The summed E-state index contributed by atoms with van der Waals surface area (Å²) in [4.78, 5) is 19.9. The fraction of sp³-hybridized carbons (Fsp3) is 0.364. The number of amides is 1. The number of thiophene rings is 1. The first-order chi connectivity index (χ1) is 14.1. The van der Waals surface area contributed by atoms with Crippen LogP contribution in [0.5, 0.6) is 5.75 Å². The highest BCUT2D eigenvalue weighted by Crippen LogP contribution is 2.27. The van der Waals surface area contributed by atoms with Crippen LogP contribution < -0.4 is 4.74 Å². The summed E-state index contributed by atoms with van der Waals surface area (Å²) < 4.78 is 11.2. The maximum Gasteiger partial charge on any atom is 0.264 e. The number of aromatic nitrogens is 1. The quantitative estimate of drug-likeness (QED) is 0.444. The molecule has 154 valence electrons. The van der Waals surface area contributed by atoms with Crippen LogP contribution in [-0.4, -0.2) is 36.1 Å². The van der Waals surface area contributed by atoms with Gasteiger partial charge in [-0.25, -0.2) is 4.98 Å². The van der Waals surface area contributed by atoms with Crippen LogP contribution in [0.3, 0.4) is 0 Å². The predicted octanol–water partition coefficient (Wildman–Crippen LogP) is 5.20. The van der Waals surface area contributed by atoms with E-state index in [0.29, 0.717) is 32.2 Å². The molecule has 2 heterocycles. The number of thiazole rings is 1. The Kier molecular flexibility index (Phi) is 7.80. The zero-order valence-electron chi connectivity index (χ0n) is 17.0. The Morgan fingerprint density at radius 2 is 2.00 bits per heavy atom. The minimum atomic E-state index is 0.00807. The van der Waals surface area contributed by atoms with Crippen molar-refractivity contribution in [3.63, 3.8) is 0 Å². The SMILES string of the molecule is COCCN(Cc1csc(COc2ccccc2C(C)C)n1)C(=O)c1cccs1. The lowest BCUT2D eigenvalue weighted by Gasteiger charge is -2.20. The summed E-state index contributed by atoms with van der Waals surface area (Å²) in [5.74, 6) is 1.30. The lowest BCUT2D eigenvalue weighted by atomic mass is 10.0. The number of carbonyl (C=O) groups is 1. The summed E-state index contributed by atoms with van der Waals surface area (Å²) in [6.45, 7) is 6.21. The van der Waals surface area contributed by atoms with Gasteiger partial charge < -0.3 is 14.4 Å². The lowest BCUT2D eigenvalue weighted by Crippen LogP contribution is -2.33. The number of para-hydroxylation sites is 1. The van der Waals surface area contributed by atoms with Gasteiger partial charge in [0.1, 0.15) is 17.4 Å². The molecule has 3 rings (SSSR count). The van der Waals surface area contributed by atoms with Gasteiger partial charge in [-0.15, -0.1) is 22.7 Å². The second-order valence-corrected chi connectivity index (χ2v) is 8.80. The van der Waals surface area contributed by atoms with E-state index in [9.17, 15) is 4.79 Å². The Labute approximate surface area is 179 Å². The highest BCUT2D eigenvalue weighted by atomic mass is 32.1. The maximum absolute atomic E-state index is 12.8. The molecule has 2 aromatic heterocycles. The fourth-order valence-electron chi connectivity index (χ4n) is 2.92. The van der Waals surface area contributed by atoms with E-state index in [1.807, 2.05) is 41.1 Å². The molecule has 1 amide bonds. The molecule has 0 atom stereocenters. The molecule has 1 aromatic carbocycles. The van der Waals surface area contributed by atoms with Crippen LogP contribution in [0.15, 0.2) is 47.2 Å². The van der Waals surface area contributed by atoms with E-state index >= 15 is 0 Å². The molecule has 0 fully saturated rings. The summed E-state index contributed by atoms with van der Waals surface area (Å²) in [6, 6.07) is 11.8. The molecule has 29 heavy (non-hydrogen) atoms. The van der Waals surface area contributed by atoms with Gasteiger partial charge in [0.15, 0.2) is 0 Å². The van der Waals surface area contributed by atoms with Gasteiger partial charge in [-0.2, -0.15) is 0 Å². The van der Waals surface area contributed by atoms with Crippen LogP contribution in [0.25, 0.3) is 0 Å². The second kappa shape index (κ2) is 10.5. The Bertz CT molecular complexity index is 906. The van der Waals surface area contributed by atoms with Gasteiger partial charge >= 0.3 is 0 Å². The third-order valence-corrected chi connectivity index (χ3v) is 6.16. The maximum atomic E-state index is 12.8. The second-order valence-electron chi connectivity index (χ2n) is 6.91. The van der Waals surface area contributed by atoms with Crippen LogP contribution in [0.4, 0.5) is 0 Å². The zero-order chi connectivity index (χ0) is 20.6. The molecule has 3 aromatic rings. The average molecular weight is 431 g/mol. The molecule has 5 nitrogen and oxygen atoms in total. The molecule has 0 aliphatic carbocycles. The zero-order valence-corrected chi connectivity index (χ0v) is 18.6. The molecule has 0 spiro atoms. The molecule has 7 heteroatoms. The molecule has 0 bridgehead atoms. The van der Waals surface area contributed by atoms with Gasteiger partial charge in [-0.3, -0.25) is 4.79 Å². The number of rotatable bonds is 10. The summed E-state index contributed by atoms with van der Waals surface area (Å²) in [5, 5.41) is 4.80. The lowest BCUT2D eigenvalue weighted by molar-refractivity contribution is 0.0683. The number of hydrogen-bond acceptors (Lipinski definition) is 6. The molecular formula is C22H26N2O3S2. The molecule has 0 saturated carbocycles. The molecule has 0 radical (unpaired) electrons. The molecule has 0 N–H and O–H groups in total. The summed E-state index contributed by atoms with van der Waals surface area (Å²) >= 11 is 3.00. The Morgan fingerprint density at radius 3 is 2.72 bits per heavy atom. The minimum Gasteiger partial charge on any atom is -0.486 e. The minimum absolute atomic E-state index is 0.00807.